The molecule has 1 unspecified atom stereocenters. The van der Waals surface area contributed by atoms with Crippen LogP contribution in [0.1, 0.15) is 63.8 Å². The summed E-state index contributed by atoms with van der Waals surface area (Å²) in [6.45, 7) is 8.86. The molecule has 0 radical (unpaired) electrons. The molecule has 0 spiro atoms. The Balaban J connectivity index is 2.46. The number of anilines is 1. The van der Waals surface area contributed by atoms with Gasteiger partial charge < -0.3 is 10.0 Å². The predicted molar refractivity (Wildman–Crippen MR) is 82.7 cm³/mol. The fourth-order valence-corrected chi connectivity index (χ4v) is 3.17. The number of carboxylic acid groups (broad SMARTS) is 1. The molecule has 0 amide bonds. The zero-order valence-corrected chi connectivity index (χ0v) is 13.4. The maximum Gasteiger partial charge on any atom is 0.329 e. The Morgan fingerprint density at radius 2 is 2.19 bits per heavy atom. The third-order valence-electron chi connectivity index (χ3n) is 4.25. The van der Waals surface area contributed by atoms with Crippen LogP contribution >= 0.6 is 0 Å². The summed E-state index contributed by atoms with van der Waals surface area (Å²) in [7, 11) is 0. The minimum atomic E-state index is -0.837. The Bertz CT molecular complexity index is 530. The van der Waals surface area contributed by atoms with Gasteiger partial charge in [0.05, 0.1) is 0 Å². The Labute approximate surface area is 126 Å². The molecule has 1 aliphatic heterocycles. The Kier molecular flexibility index (Phi) is 4.49. The number of aliphatic carboxylic acids is 1. The Morgan fingerprint density at radius 1 is 1.48 bits per heavy atom. The van der Waals surface area contributed by atoms with Gasteiger partial charge in [0, 0.05) is 17.9 Å². The van der Waals surface area contributed by atoms with E-state index < -0.39 is 11.5 Å². The van der Waals surface area contributed by atoms with E-state index in [1.165, 1.54) is 0 Å². The van der Waals surface area contributed by atoms with Crippen molar-refractivity contribution in [2.24, 2.45) is 0 Å². The Morgan fingerprint density at radius 3 is 2.76 bits per heavy atom. The SMILES string of the molecule is CCCC1(C(=O)O)CCCN1c1nc(C)cc(C(C)C)n1. The number of carboxylic acids is 1. The fourth-order valence-electron chi connectivity index (χ4n) is 3.17. The highest BCUT2D eigenvalue weighted by Crippen LogP contribution is 2.36. The number of aryl methyl sites for hydroxylation is 1. The second-order valence-corrected chi connectivity index (χ2v) is 6.23. The average Bonchev–Trinajstić information content (AvgIpc) is 2.83. The quantitative estimate of drug-likeness (QED) is 0.902. The zero-order valence-electron chi connectivity index (χ0n) is 13.4. The summed E-state index contributed by atoms with van der Waals surface area (Å²) in [6.07, 6.45) is 3.02. The van der Waals surface area contributed by atoms with Gasteiger partial charge in [-0.2, -0.15) is 0 Å². The highest BCUT2D eigenvalue weighted by atomic mass is 16.4. The smallest absolute Gasteiger partial charge is 0.329 e. The van der Waals surface area contributed by atoms with Crippen LogP contribution in [-0.2, 0) is 4.79 Å². The van der Waals surface area contributed by atoms with Gasteiger partial charge in [-0.05, 0) is 38.2 Å². The lowest BCUT2D eigenvalue weighted by Crippen LogP contribution is -2.51. The first-order valence-electron chi connectivity index (χ1n) is 7.77. The average molecular weight is 291 g/mol. The van der Waals surface area contributed by atoms with Crippen LogP contribution in [0.3, 0.4) is 0 Å². The largest absolute Gasteiger partial charge is 0.479 e. The first-order chi connectivity index (χ1) is 9.90. The lowest BCUT2D eigenvalue weighted by atomic mass is 9.91. The third-order valence-corrected chi connectivity index (χ3v) is 4.25. The van der Waals surface area contributed by atoms with Crippen molar-refractivity contribution in [3.63, 3.8) is 0 Å². The van der Waals surface area contributed by atoms with Gasteiger partial charge in [-0.15, -0.1) is 0 Å². The topological polar surface area (TPSA) is 66.3 Å². The monoisotopic (exact) mass is 291 g/mol. The zero-order chi connectivity index (χ0) is 15.6. The second-order valence-electron chi connectivity index (χ2n) is 6.23. The molecule has 0 aliphatic carbocycles. The van der Waals surface area contributed by atoms with Crippen LogP contribution in [0.5, 0.6) is 0 Å². The summed E-state index contributed by atoms with van der Waals surface area (Å²) in [5, 5.41) is 9.78. The summed E-state index contributed by atoms with van der Waals surface area (Å²) in [4.78, 5) is 23.0. The van der Waals surface area contributed by atoms with Crippen molar-refractivity contribution in [3.8, 4) is 0 Å². The molecule has 1 aliphatic rings. The number of rotatable bonds is 5. The van der Waals surface area contributed by atoms with E-state index in [-0.39, 0.29) is 0 Å². The van der Waals surface area contributed by atoms with Gasteiger partial charge in [-0.3, -0.25) is 0 Å². The highest BCUT2D eigenvalue weighted by Gasteiger charge is 2.48. The van der Waals surface area contributed by atoms with Crippen molar-refractivity contribution in [2.75, 3.05) is 11.4 Å². The first-order valence-corrected chi connectivity index (χ1v) is 7.77. The van der Waals surface area contributed by atoms with Crippen molar-refractivity contribution < 1.29 is 9.90 Å². The lowest BCUT2D eigenvalue weighted by molar-refractivity contribution is -0.143. The summed E-state index contributed by atoms with van der Waals surface area (Å²) >= 11 is 0. The van der Waals surface area contributed by atoms with Crippen molar-refractivity contribution in [1.82, 2.24) is 9.97 Å². The van der Waals surface area contributed by atoms with E-state index in [9.17, 15) is 9.90 Å². The molecular formula is C16H25N3O2. The molecule has 1 atom stereocenters. The highest BCUT2D eigenvalue weighted by molar-refractivity contribution is 5.83. The van der Waals surface area contributed by atoms with Crippen LogP contribution in [0.2, 0.25) is 0 Å². The van der Waals surface area contributed by atoms with E-state index in [2.05, 4.69) is 23.8 Å². The van der Waals surface area contributed by atoms with Crippen LogP contribution in [0.4, 0.5) is 5.95 Å². The molecular weight excluding hydrogens is 266 g/mol. The minimum absolute atomic E-state index is 0.304. The van der Waals surface area contributed by atoms with Gasteiger partial charge >= 0.3 is 5.97 Å². The molecule has 21 heavy (non-hydrogen) atoms. The molecule has 1 fully saturated rings. The summed E-state index contributed by atoms with van der Waals surface area (Å²) < 4.78 is 0. The minimum Gasteiger partial charge on any atom is -0.479 e. The number of carbonyl (C=O) groups is 1. The van der Waals surface area contributed by atoms with Crippen molar-refractivity contribution in [3.05, 3.63) is 17.5 Å². The van der Waals surface area contributed by atoms with Gasteiger partial charge in [-0.25, -0.2) is 14.8 Å². The molecule has 1 N–H and O–H groups in total. The van der Waals surface area contributed by atoms with Gasteiger partial charge in [0.1, 0.15) is 5.54 Å². The van der Waals surface area contributed by atoms with Gasteiger partial charge in [-0.1, -0.05) is 27.2 Å². The molecule has 1 saturated heterocycles. The normalized spacial score (nSPS) is 22.0. The van der Waals surface area contributed by atoms with Crippen molar-refractivity contribution >= 4 is 11.9 Å². The molecule has 0 bridgehead atoms. The van der Waals surface area contributed by atoms with Crippen LogP contribution < -0.4 is 4.90 Å². The predicted octanol–water partition coefficient (Wildman–Crippen LogP) is 3.13. The van der Waals surface area contributed by atoms with E-state index >= 15 is 0 Å². The lowest BCUT2D eigenvalue weighted by Gasteiger charge is -2.35. The molecule has 5 nitrogen and oxygen atoms in total. The second kappa shape index (κ2) is 6.00. The van der Waals surface area contributed by atoms with E-state index in [4.69, 9.17) is 0 Å². The standard InChI is InChI=1S/C16H25N3O2/c1-5-7-16(14(20)21)8-6-9-19(16)15-17-12(4)10-13(18-15)11(2)3/h10-11H,5-9H2,1-4H3,(H,20,21). The van der Waals surface area contributed by atoms with Crippen molar-refractivity contribution in [1.29, 1.82) is 0 Å². The summed E-state index contributed by atoms with van der Waals surface area (Å²) in [5.41, 5.74) is 1.03. The maximum absolute atomic E-state index is 11.9. The van der Waals surface area contributed by atoms with Gasteiger partial charge in [0.2, 0.25) is 5.95 Å². The van der Waals surface area contributed by atoms with Crippen LogP contribution in [-0.4, -0.2) is 33.1 Å². The molecule has 0 aromatic carbocycles. The van der Waals surface area contributed by atoms with E-state index in [0.29, 0.717) is 31.3 Å². The molecule has 5 heteroatoms. The van der Waals surface area contributed by atoms with E-state index in [1.807, 2.05) is 24.8 Å². The fraction of sp³-hybridized carbons (Fsp3) is 0.688. The molecule has 2 rings (SSSR count). The number of aromatic nitrogens is 2. The van der Waals surface area contributed by atoms with E-state index in [1.54, 1.807) is 0 Å². The number of hydrogen-bond acceptors (Lipinski definition) is 4. The summed E-state index contributed by atoms with van der Waals surface area (Å²) in [6, 6.07) is 1.98. The molecule has 2 heterocycles. The van der Waals surface area contributed by atoms with Crippen LogP contribution in [0, 0.1) is 6.92 Å². The third kappa shape index (κ3) is 2.87. The first kappa shape index (κ1) is 15.7. The molecule has 116 valence electrons. The molecule has 0 saturated carbocycles. The van der Waals surface area contributed by atoms with Crippen molar-refractivity contribution in [2.45, 2.75) is 64.8 Å². The Hall–Kier alpha value is -1.65. The van der Waals surface area contributed by atoms with E-state index in [0.717, 1.165) is 24.2 Å². The van der Waals surface area contributed by atoms with Crippen LogP contribution in [0.15, 0.2) is 6.07 Å². The van der Waals surface area contributed by atoms with Gasteiger partial charge in [0.25, 0.3) is 0 Å². The maximum atomic E-state index is 11.9. The van der Waals surface area contributed by atoms with Gasteiger partial charge in [0.15, 0.2) is 0 Å². The van der Waals surface area contributed by atoms with Crippen LogP contribution in [0.25, 0.3) is 0 Å². The molecule has 1 aromatic rings. The number of hydrogen-bond donors (Lipinski definition) is 1. The molecule has 1 aromatic heterocycles. The number of nitrogens with zero attached hydrogens (tertiary/aromatic N) is 3. The summed E-state index contributed by atoms with van der Waals surface area (Å²) in [5.74, 6) is 0.128.